The molecule has 0 unspecified atom stereocenters. The quantitative estimate of drug-likeness (QED) is 0.827. The molecule has 5 heteroatoms. The van der Waals surface area contributed by atoms with E-state index in [1.807, 2.05) is 32.7 Å². The maximum atomic E-state index is 12.5. The highest BCUT2D eigenvalue weighted by Gasteiger charge is 2.22. The lowest BCUT2D eigenvalue weighted by Gasteiger charge is -2.26. The van der Waals surface area contributed by atoms with E-state index in [2.05, 4.69) is 5.10 Å². The van der Waals surface area contributed by atoms with Gasteiger partial charge in [0.05, 0.1) is 11.3 Å². The second kappa shape index (κ2) is 6.54. The van der Waals surface area contributed by atoms with Crippen LogP contribution in [0.4, 0.5) is 0 Å². The van der Waals surface area contributed by atoms with Gasteiger partial charge in [-0.1, -0.05) is 6.92 Å². The van der Waals surface area contributed by atoms with Crippen molar-refractivity contribution in [1.29, 1.82) is 0 Å². The van der Waals surface area contributed by atoms with Crippen LogP contribution in [0.3, 0.4) is 0 Å². The molecule has 102 valence electrons. The Morgan fingerprint density at radius 2 is 2.22 bits per heavy atom. The molecule has 0 spiro atoms. The highest BCUT2D eigenvalue weighted by molar-refractivity contribution is 5.95. The minimum Gasteiger partial charge on any atom is -0.336 e. The molecule has 0 atom stereocenters. The summed E-state index contributed by atoms with van der Waals surface area (Å²) in [7, 11) is 1.84. The first-order valence-electron chi connectivity index (χ1n) is 6.54. The van der Waals surface area contributed by atoms with Gasteiger partial charge in [0.15, 0.2) is 0 Å². The lowest BCUT2D eigenvalue weighted by molar-refractivity contribution is 0.0703. The molecule has 0 fully saturated rings. The van der Waals surface area contributed by atoms with Gasteiger partial charge in [-0.05, 0) is 33.2 Å². The van der Waals surface area contributed by atoms with Crippen molar-refractivity contribution in [2.24, 2.45) is 12.8 Å². The van der Waals surface area contributed by atoms with E-state index < -0.39 is 0 Å². The summed E-state index contributed by atoms with van der Waals surface area (Å²) in [6, 6.07) is 0.175. The second-order valence-electron chi connectivity index (χ2n) is 4.75. The van der Waals surface area contributed by atoms with E-state index in [0.29, 0.717) is 18.7 Å². The average molecular weight is 252 g/mol. The first-order valence-corrected chi connectivity index (χ1v) is 6.54. The van der Waals surface area contributed by atoms with Gasteiger partial charge in [0.1, 0.15) is 0 Å². The standard InChI is InChI=1S/C13H24N4O/c1-5-12-11(9-16(4)15-12)13(18)17(10(2)3)8-6-7-14/h9-10H,5-8,14H2,1-4H3. The fourth-order valence-electron chi connectivity index (χ4n) is 1.98. The molecule has 0 saturated heterocycles. The predicted octanol–water partition coefficient (Wildman–Crippen LogP) is 1.18. The van der Waals surface area contributed by atoms with E-state index in [1.165, 1.54) is 0 Å². The van der Waals surface area contributed by atoms with E-state index in [-0.39, 0.29) is 11.9 Å². The number of aryl methyl sites for hydroxylation is 2. The van der Waals surface area contributed by atoms with Crippen molar-refractivity contribution in [2.75, 3.05) is 13.1 Å². The minimum atomic E-state index is 0.0587. The normalized spacial score (nSPS) is 11.0. The number of nitrogens with zero attached hydrogens (tertiary/aromatic N) is 3. The SMILES string of the molecule is CCc1nn(C)cc1C(=O)N(CCCN)C(C)C. The number of hydrogen-bond donors (Lipinski definition) is 1. The summed E-state index contributed by atoms with van der Waals surface area (Å²) in [6.45, 7) is 7.36. The van der Waals surface area contributed by atoms with Crippen LogP contribution in [0.5, 0.6) is 0 Å². The molecule has 0 aliphatic heterocycles. The van der Waals surface area contributed by atoms with E-state index in [4.69, 9.17) is 5.73 Å². The number of hydrogen-bond acceptors (Lipinski definition) is 3. The van der Waals surface area contributed by atoms with Crippen molar-refractivity contribution >= 4 is 5.91 Å². The van der Waals surface area contributed by atoms with Crippen LogP contribution in [0.2, 0.25) is 0 Å². The number of amides is 1. The summed E-state index contributed by atoms with van der Waals surface area (Å²) in [6.07, 6.45) is 3.40. The Balaban J connectivity index is 2.94. The topological polar surface area (TPSA) is 64.2 Å². The Kier molecular flexibility index (Phi) is 5.34. The van der Waals surface area contributed by atoms with Crippen LogP contribution in [0.15, 0.2) is 6.20 Å². The maximum absolute atomic E-state index is 12.5. The van der Waals surface area contributed by atoms with Gasteiger partial charge in [-0.3, -0.25) is 9.48 Å². The summed E-state index contributed by atoms with van der Waals surface area (Å²) in [4.78, 5) is 14.4. The summed E-state index contributed by atoms with van der Waals surface area (Å²) >= 11 is 0. The molecule has 1 amide bonds. The molecule has 0 aliphatic rings. The van der Waals surface area contributed by atoms with Crippen LogP contribution in [0, 0.1) is 0 Å². The van der Waals surface area contributed by atoms with Gasteiger partial charge in [-0.25, -0.2) is 0 Å². The average Bonchev–Trinajstić information content (AvgIpc) is 2.70. The Morgan fingerprint density at radius 1 is 1.56 bits per heavy atom. The lowest BCUT2D eigenvalue weighted by atomic mass is 10.1. The fraction of sp³-hybridized carbons (Fsp3) is 0.692. The summed E-state index contributed by atoms with van der Waals surface area (Å²) in [5.74, 6) is 0.0587. The third-order valence-corrected chi connectivity index (χ3v) is 2.96. The second-order valence-corrected chi connectivity index (χ2v) is 4.75. The monoisotopic (exact) mass is 252 g/mol. The Hall–Kier alpha value is -1.36. The molecule has 0 aliphatic carbocycles. The van der Waals surface area contributed by atoms with Crippen molar-refractivity contribution in [3.05, 3.63) is 17.5 Å². The van der Waals surface area contributed by atoms with Gasteiger partial charge in [0, 0.05) is 25.8 Å². The molecule has 1 rings (SSSR count). The van der Waals surface area contributed by atoms with Crippen LogP contribution in [-0.2, 0) is 13.5 Å². The maximum Gasteiger partial charge on any atom is 0.257 e. The van der Waals surface area contributed by atoms with Crippen LogP contribution in [-0.4, -0.2) is 39.7 Å². The number of rotatable bonds is 6. The van der Waals surface area contributed by atoms with Gasteiger partial charge >= 0.3 is 0 Å². The van der Waals surface area contributed by atoms with Gasteiger partial charge < -0.3 is 10.6 Å². The zero-order chi connectivity index (χ0) is 13.7. The Morgan fingerprint density at radius 3 is 2.72 bits per heavy atom. The van der Waals surface area contributed by atoms with Crippen molar-refractivity contribution in [3.63, 3.8) is 0 Å². The highest BCUT2D eigenvalue weighted by atomic mass is 16.2. The van der Waals surface area contributed by atoms with E-state index in [1.54, 1.807) is 10.9 Å². The molecule has 18 heavy (non-hydrogen) atoms. The van der Waals surface area contributed by atoms with Gasteiger partial charge in [0.2, 0.25) is 0 Å². The Labute approximate surface area is 109 Å². The molecule has 1 aromatic heterocycles. The van der Waals surface area contributed by atoms with Gasteiger partial charge in [-0.2, -0.15) is 5.10 Å². The number of carbonyl (C=O) groups excluding carboxylic acids is 1. The molecule has 0 radical (unpaired) electrons. The largest absolute Gasteiger partial charge is 0.336 e. The fourth-order valence-corrected chi connectivity index (χ4v) is 1.98. The summed E-state index contributed by atoms with van der Waals surface area (Å²) < 4.78 is 1.70. The van der Waals surface area contributed by atoms with Crippen LogP contribution < -0.4 is 5.73 Å². The predicted molar refractivity (Wildman–Crippen MR) is 72.4 cm³/mol. The zero-order valence-electron chi connectivity index (χ0n) is 11.8. The van der Waals surface area contributed by atoms with Crippen LogP contribution >= 0.6 is 0 Å². The highest BCUT2D eigenvalue weighted by Crippen LogP contribution is 2.13. The molecular formula is C13H24N4O. The van der Waals surface area contributed by atoms with Gasteiger partial charge in [-0.15, -0.1) is 0 Å². The molecular weight excluding hydrogens is 228 g/mol. The first-order chi connectivity index (χ1) is 8.51. The zero-order valence-corrected chi connectivity index (χ0v) is 11.8. The molecule has 0 saturated carbocycles. The number of carbonyl (C=O) groups is 1. The molecule has 1 heterocycles. The molecule has 2 N–H and O–H groups in total. The van der Waals surface area contributed by atoms with Crippen molar-refractivity contribution in [1.82, 2.24) is 14.7 Å². The minimum absolute atomic E-state index is 0.0587. The first kappa shape index (κ1) is 14.7. The smallest absolute Gasteiger partial charge is 0.257 e. The summed E-state index contributed by atoms with van der Waals surface area (Å²) in [5, 5.41) is 4.32. The Bertz CT molecular complexity index is 398. The van der Waals surface area contributed by atoms with Gasteiger partial charge in [0.25, 0.3) is 5.91 Å². The van der Waals surface area contributed by atoms with Crippen molar-refractivity contribution in [2.45, 2.75) is 39.7 Å². The molecule has 0 aromatic carbocycles. The molecule has 5 nitrogen and oxygen atoms in total. The number of nitrogens with two attached hydrogens (primary N) is 1. The summed E-state index contributed by atoms with van der Waals surface area (Å²) in [5.41, 5.74) is 7.10. The van der Waals surface area contributed by atoms with E-state index in [0.717, 1.165) is 18.5 Å². The van der Waals surface area contributed by atoms with Crippen molar-refractivity contribution in [3.8, 4) is 0 Å². The van der Waals surface area contributed by atoms with E-state index >= 15 is 0 Å². The lowest BCUT2D eigenvalue weighted by Crippen LogP contribution is -2.38. The third-order valence-electron chi connectivity index (χ3n) is 2.96. The van der Waals surface area contributed by atoms with Crippen molar-refractivity contribution < 1.29 is 4.79 Å². The number of aromatic nitrogens is 2. The van der Waals surface area contributed by atoms with E-state index in [9.17, 15) is 4.79 Å². The van der Waals surface area contributed by atoms with Crippen LogP contribution in [0.1, 0.15) is 43.2 Å². The molecule has 0 bridgehead atoms. The third kappa shape index (κ3) is 3.32. The molecule has 1 aromatic rings. The van der Waals surface area contributed by atoms with Crippen LogP contribution in [0.25, 0.3) is 0 Å².